The number of carbonyl (C=O) groups is 1. The first-order valence-electron chi connectivity index (χ1n) is 8.59. The maximum Gasteiger partial charge on any atom is 0.239 e. The first-order valence-corrected chi connectivity index (χ1v) is 8.59. The van der Waals surface area contributed by atoms with Gasteiger partial charge in [0, 0.05) is 19.3 Å². The van der Waals surface area contributed by atoms with Crippen LogP contribution in [0.5, 0.6) is 0 Å². The Hall–Kier alpha value is -2.33. The predicted octanol–water partition coefficient (Wildman–Crippen LogP) is 3.27. The fraction of sp³-hybridized carbons (Fsp3) is 0.381. The molecule has 0 saturated heterocycles. The molecule has 0 spiro atoms. The van der Waals surface area contributed by atoms with Crippen molar-refractivity contribution in [2.75, 3.05) is 25.0 Å². The second-order valence-electron chi connectivity index (χ2n) is 7.38. The van der Waals surface area contributed by atoms with Gasteiger partial charge in [0.15, 0.2) is 0 Å². The van der Waals surface area contributed by atoms with E-state index in [1.807, 2.05) is 66.5 Å². The Morgan fingerprint density at radius 2 is 1.68 bits per heavy atom. The van der Waals surface area contributed by atoms with Gasteiger partial charge < -0.3 is 15.3 Å². The number of hydrogen-bond donors (Lipinski definition) is 2. The van der Waals surface area contributed by atoms with Gasteiger partial charge in [-0.1, -0.05) is 63.2 Å². The zero-order valence-corrected chi connectivity index (χ0v) is 15.5. The zero-order valence-electron chi connectivity index (χ0n) is 15.5. The fourth-order valence-corrected chi connectivity index (χ4v) is 2.58. The molecule has 2 aromatic rings. The number of carbonyl (C=O) groups excluding carboxylic acids is 1. The number of amides is 1. The molecular formula is C21H28N2O2. The third-order valence-corrected chi connectivity index (χ3v) is 4.23. The smallest absolute Gasteiger partial charge is 0.239 e. The van der Waals surface area contributed by atoms with E-state index in [2.05, 4.69) is 26.1 Å². The predicted molar refractivity (Wildman–Crippen MR) is 103 cm³/mol. The van der Waals surface area contributed by atoms with Gasteiger partial charge in [-0.15, -0.1) is 0 Å². The highest BCUT2D eigenvalue weighted by atomic mass is 16.3. The van der Waals surface area contributed by atoms with Crippen molar-refractivity contribution in [2.24, 2.45) is 0 Å². The summed E-state index contributed by atoms with van der Waals surface area (Å²) in [5.74, 6) is -0.114. The third-order valence-electron chi connectivity index (χ3n) is 4.23. The Morgan fingerprint density at radius 1 is 1.08 bits per heavy atom. The Morgan fingerprint density at radius 3 is 2.24 bits per heavy atom. The molecule has 1 atom stereocenters. The number of hydrogen-bond acceptors (Lipinski definition) is 3. The molecule has 0 heterocycles. The number of nitrogens with zero attached hydrogens (tertiary/aromatic N) is 1. The molecule has 0 bridgehead atoms. The van der Waals surface area contributed by atoms with Gasteiger partial charge in [-0.05, 0) is 28.7 Å². The van der Waals surface area contributed by atoms with Crippen LogP contribution in [0.15, 0.2) is 54.6 Å². The number of nitrogens with one attached hydrogen (secondary N) is 1. The lowest BCUT2D eigenvalue weighted by molar-refractivity contribution is -0.120. The van der Waals surface area contributed by atoms with Crippen LogP contribution in [-0.4, -0.2) is 31.2 Å². The maximum absolute atomic E-state index is 12.1. The normalized spacial score (nSPS) is 12.5. The summed E-state index contributed by atoms with van der Waals surface area (Å²) in [4.78, 5) is 14.0. The molecular weight excluding hydrogens is 312 g/mol. The summed E-state index contributed by atoms with van der Waals surface area (Å²) in [7, 11) is 1.87. The minimum Gasteiger partial charge on any atom is -0.387 e. The van der Waals surface area contributed by atoms with Gasteiger partial charge in [0.25, 0.3) is 0 Å². The highest BCUT2D eigenvalue weighted by Crippen LogP contribution is 2.23. The van der Waals surface area contributed by atoms with Crippen LogP contribution in [0.1, 0.15) is 38.0 Å². The lowest BCUT2D eigenvalue weighted by Crippen LogP contribution is -2.37. The van der Waals surface area contributed by atoms with Crippen molar-refractivity contribution in [3.8, 4) is 0 Å². The molecule has 0 saturated carbocycles. The summed E-state index contributed by atoms with van der Waals surface area (Å²) in [5.41, 5.74) is 3.09. The van der Waals surface area contributed by atoms with Crippen molar-refractivity contribution in [1.29, 1.82) is 0 Å². The summed E-state index contributed by atoms with van der Waals surface area (Å²) < 4.78 is 0. The number of para-hydroxylation sites is 1. The van der Waals surface area contributed by atoms with E-state index < -0.39 is 6.10 Å². The number of benzene rings is 2. The van der Waals surface area contributed by atoms with Crippen LogP contribution in [0.2, 0.25) is 0 Å². The van der Waals surface area contributed by atoms with Crippen molar-refractivity contribution in [2.45, 2.75) is 32.3 Å². The van der Waals surface area contributed by atoms with Gasteiger partial charge in [0.05, 0.1) is 12.6 Å². The van der Waals surface area contributed by atoms with E-state index in [4.69, 9.17) is 0 Å². The van der Waals surface area contributed by atoms with Crippen LogP contribution >= 0.6 is 0 Å². The van der Waals surface area contributed by atoms with E-state index in [9.17, 15) is 9.90 Å². The lowest BCUT2D eigenvalue weighted by Gasteiger charge is -2.21. The highest BCUT2D eigenvalue weighted by molar-refractivity contribution is 5.81. The lowest BCUT2D eigenvalue weighted by atomic mass is 9.86. The summed E-state index contributed by atoms with van der Waals surface area (Å²) in [6.07, 6.45) is -0.708. The van der Waals surface area contributed by atoms with E-state index in [1.54, 1.807) is 0 Å². The molecule has 4 heteroatoms. The number of rotatable bonds is 6. The van der Waals surface area contributed by atoms with Gasteiger partial charge in [0.1, 0.15) is 0 Å². The Bertz CT molecular complexity index is 675. The standard InChI is InChI=1S/C21H28N2O2/c1-21(2,3)17-12-10-16(11-13-17)19(24)14-22-20(25)15-23(4)18-8-6-5-7-9-18/h5-13,19,24H,14-15H2,1-4H3,(H,22,25). The molecule has 0 aromatic heterocycles. The van der Waals surface area contributed by atoms with Crippen LogP contribution < -0.4 is 10.2 Å². The van der Waals surface area contributed by atoms with Crippen LogP contribution in [0.25, 0.3) is 0 Å². The van der Waals surface area contributed by atoms with Crippen molar-refractivity contribution >= 4 is 11.6 Å². The summed E-state index contributed by atoms with van der Waals surface area (Å²) in [6, 6.07) is 17.6. The number of aliphatic hydroxyl groups excluding tert-OH is 1. The summed E-state index contributed by atoms with van der Waals surface area (Å²) in [6.45, 7) is 6.92. The molecule has 0 radical (unpaired) electrons. The molecule has 0 aliphatic rings. The molecule has 1 unspecified atom stereocenters. The largest absolute Gasteiger partial charge is 0.387 e. The first-order chi connectivity index (χ1) is 11.8. The quantitative estimate of drug-likeness (QED) is 0.848. The molecule has 2 N–H and O–H groups in total. The van der Waals surface area contributed by atoms with Gasteiger partial charge in [-0.25, -0.2) is 0 Å². The van der Waals surface area contributed by atoms with E-state index >= 15 is 0 Å². The SMILES string of the molecule is CN(CC(=O)NCC(O)c1ccc(C(C)(C)C)cc1)c1ccccc1. The average molecular weight is 340 g/mol. The maximum atomic E-state index is 12.1. The second kappa shape index (κ2) is 8.17. The third kappa shape index (κ3) is 5.61. The molecule has 0 aliphatic carbocycles. The molecule has 0 fully saturated rings. The Kier molecular flexibility index (Phi) is 6.21. The first kappa shape index (κ1) is 19.0. The molecule has 25 heavy (non-hydrogen) atoms. The molecule has 2 aromatic carbocycles. The van der Waals surface area contributed by atoms with E-state index in [0.717, 1.165) is 11.3 Å². The van der Waals surface area contributed by atoms with E-state index in [1.165, 1.54) is 5.56 Å². The number of anilines is 1. The van der Waals surface area contributed by atoms with Crippen molar-refractivity contribution in [1.82, 2.24) is 5.32 Å². The van der Waals surface area contributed by atoms with Crippen LogP contribution in [0.4, 0.5) is 5.69 Å². The minimum absolute atomic E-state index is 0.0831. The van der Waals surface area contributed by atoms with Crippen LogP contribution in [-0.2, 0) is 10.2 Å². The fourth-order valence-electron chi connectivity index (χ4n) is 2.58. The topological polar surface area (TPSA) is 52.6 Å². The molecule has 134 valence electrons. The highest BCUT2D eigenvalue weighted by Gasteiger charge is 2.15. The van der Waals surface area contributed by atoms with Gasteiger partial charge in [0.2, 0.25) is 5.91 Å². The van der Waals surface area contributed by atoms with E-state index in [-0.39, 0.29) is 24.4 Å². The Balaban J connectivity index is 1.85. The van der Waals surface area contributed by atoms with Crippen LogP contribution in [0.3, 0.4) is 0 Å². The molecule has 2 rings (SSSR count). The van der Waals surface area contributed by atoms with Gasteiger partial charge in [-0.3, -0.25) is 4.79 Å². The van der Waals surface area contributed by atoms with Crippen LogP contribution in [0, 0.1) is 0 Å². The van der Waals surface area contributed by atoms with Crippen molar-refractivity contribution in [3.05, 3.63) is 65.7 Å². The van der Waals surface area contributed by atoms with Crippen molar-refractivity contribution < 1.29 is 9.90 Å². The second-order valence-corrected chi connectivity index (χ2v) is 7.38. The monoisotopic (exact) mass is 340 g/mol. The van der Waals surface area contributed by atoms with Gasteiger partial charge in [-0.2, -0.15) is 0 Å². The van der Waals surface area contributed by atoms with Gasteiger partial charge >= 0.3 is 0 Å². The zero-order chi connectivity index (χ0) is 18.4. The minimum atomic E-state index is -0.708. The molecule has 0 aliphatic heterocycles. The summed E-state index contributed by atoms with van der Waals surface area (Å²) >= 11 is 0. The number of aliphatic hydroxyl groups is 1. The molecule has 4 nitrogen and oxygen atoms in total. The number of likely N-dealkylation sites (N-methyl/N-ethyl adjacent to an activating group) is 1. The average Bonchev–Trinajstić information content (AvgIpc) is 2.59. The Labute approximate surface area is 150 Å². The van der Waals surface area contributed by atoms with Crippen molar-refractivity contribution in [3.63, 3.8) is 0 Å². The summed E-state index contributed by atoms with van der Waals surface area (Å²) in [5, 5.41) is 13.1. The van der Waals surface area contributed by atoms with E-state index in [0.29, 0.717) is 0 Å². The molecule has 1 amide bonds.